The van der Waals surface area contributed by atoms with E-state index in [0.717, 1.165) is 18.4 Å². The predicted molar refractivity (Wildman–Crippen MR) is 87.6 cm³/mol. The Morgan fingerprint density at radius 3 is 2.52 bits per heavy atom. The molecule has 0 aliphatic heterocycles. The first-order valence-electron chi connectivity index (χ1n) is 8.81. The third-order valence-electron chi connectivity index (χ3n) is 7.33. The van der Waals surface area contributed by atoms with Crippen molar-refractivity contribution in [1.29, 1.82) is 0 Å². The van der Waals surface area contributed by atoms with Crippen LogP contribution in [0.15, 0.2) is 23.3 Å². The Kier molecular flexibility index (Phi) is 2.82. The van der Waals surface area contributed by atoms with E-state index in [0.29, 0.717) is 23.0 Å². The van der Waals surface area contributed by atoms with E-state index >= 15 is 0 Å². The number of carbonyl (C=O) groups excluding carboxylic acids is 2. The number of carbonyl (C=O) groups is 2. The van der Waals surface area contributed by atoms with Crippen molar-refractivity contribution in [1.82, 2.24) is 0 Å². The minimum atomic E-state index is -1.42. The maximum atomic E-state index is 12.9. The monoisotopic (exact) mass is 314 g/mol. The van der Waals surface area contributed by atoms with Gasteiger partial charge >= 0.3 is 0 Å². The van der Waals surface area contributed by atoms with Crippen molar-refractivity contribution >= 4 is 11.6 Å². The van der Waals surface area contributed by atoms with Crippen molar-refractivity contribution in [3.63, 3.8) is 0 Å². The molecule has 23 heavy (non-hydrogen) atoms. The van der Waals surface area contributed by atoms with Crippen LogP contribution in [-0.4, -0.2) is 22.3 Å². The SMILES string of the molecule is C=C1CCC2C(C3C(C)C(=O)C4=C(C(=O)C(C)(O)C4)C13)C2(C)C. The van der Waals surface area contributed by atoms with Gasteiger partial charge in [-0.25, -0.2) is 0 Å². The molecule has 0 amide bonds. The maximum Gasteiger partial charge on any atom is 0.191 e. The quantitative estimate of drug-likeness (QED) is 0.699. The molecular weight excluding hydrogens is 288 g/mol. The van der Waals surface area contributed by atoms with Crippen LogP contribution in [0, 0.1) is 35.0 Å². The average Bonchev–Trinajstić information content (AvgIpc) is 2.96. The van der Waals surface area contributed by atoms with Crippen molar-refractivity contribution in [3.05, 3.63) is 23.3 Å². The minimum absolute atomic E-state index is 0.0315. The molecule has 4 aliphatic rings. The van der Waals surface area contributed by atoms with Gasteiger partial charge in [0.15, 0.2) is 11.6 Å². The van der Waals surface area contributed by atoms with Crippen molar-refractivity contribution in [2.24, 2.45) is 35.0 Å². The molecule has 6 atom stereocenters. The zero-order chi connectivity index (χ0) is 16.9. The van der Waals surface area contributed by atoms with Crippen molar-refractivity contribution < 1.29 is 14.7 Å². The third-order valence-corrected chi connectivity index (χ3v) is 7.33. The first-order chi connectivity index (χ1) is 10.6. The molecular formula is C20H26O3. The van der Waals surface area contributed by atoms with Gasteiger partial charge in [0.25, 0.3) is 0 Å². The average molecular weight is 314 g/mol. The molecule has 0 saturated heterocycles. The molecule has 3 heteroatoms. The van der Waals surface area contributed by atoms with Gasteiger partial charge in [0.05, 0.1) is 0 Å². The van der Waals surface area contributed by atoms with Crippen molar-refractivity contribution in [3.8, 4) is 0 Å². The van der Waals surface area contributed by atoms with Crippen LogP contribution < -0.4 is 0 Å². The number of Topliss-reactive ketones (excluding diaryl/α,β-unsaturated/α-hetero) is 2. The molecule has 2 saturated carbocycles. The highest BCUT2D eigenvalue weighted by Gasteiger charge is 2.67. The van der Waals surface area contributed by atoms with E-state index in [1.165, 1.54) is 0 Å². The fourth-order valence-corrected chi connectivity index (χ4v) is 6.02. The highest BCUT2D eigenvalue weighted by Crippen LogP contribution is 2.70. The lowest BCUT2D eigenvalue weighted by Crippen LogP contribution is -2.39. The summed E-state index contributed by atoms with van der Waals surface area (Å²) in [6, 6.07) is 0. The molecule has 0 radical (unpaired) electrons. The molecule has 6 unspecified atom stereocenters. The number of fused-ring (bicyclic) bond motifs is 4. The van der Waals surface area contributed by atoms with Gasteiger partial charge in [0.2, 0.25) is 0 Å². The molecule has 0 bridgehead atoms. The van der Waals surface area contributed by atoms with Crippen LogP contribution in [-0.2, 0) is 9.59 Å². The van der Waals surface area contributed by atoms with Gasteiger partial charge in [-0.05, 0) is 42.9 Å². The lowest BCUT2D eigenvalue weighted by Gasteiger charge is -2.38. The summed E-state index contributed by atoms with van der Waals surface area (Å²) in [6.07, 6.45) is 2.22. The second kappa shape index (κ2) is 4.24. The van der Waals surface area contributed by atoms with E-state index in [4.69, 9.17) is 0 Å². The maximum absolute atomic E-state index is 12.9. The number of allylic oxidation sites excluding steroid dienone is 1. The molecule has 4 rings (SSSR count). The molecule has 0 aromatic carbocycles. The molecule has 124 valence electrons. The summed E-state index contributed by atoms with van der Waals surface area (Å²) in [7, 11) is 0. The van der Waals surface area contributed by atoms with E-state index in [-0.39, 0.29) is 41.2 Å². The van der Waals surface area contributed by atoms with E-state index in [9.17, 15) is 14.7 Å². The van der Waals surface area contributed by atoms with Gasteiger partial charge in [-0.1, -0.05) is 32.9 Å². The van der Waals surface area contributed by atoms with Crippen LogP contribution in [0.2, 0.25) is 0 Å². The molecule has 0 heterocycles. The highest BCUT2D eigenvalue weighted by molar-refractivity contribution is 6.16. The number of aliphatic hydroxyl groups is 1. The summed E-state index contributed by atoms with van der Waals surface area (Å²) < 4.78 is 0. The normalized spacial score (nSPS) is 47.9. The molecule has 3 nitrogen and oxygen atoms in total. The smallest absolute Gasteiger partial charge is 0.191 e. The Morgan fingerprint density at radius 2 is 1.87 bits per heavy atom. The molecule has 4 aliphatic carbocycles. The lowest BCUT2D eigenvalue weighted by atomic mass is 9.64. The number of hydrogen-bond acceptors (Lipinski definition) is 3. The van der Waals surface area contributed by atoms with E-state index in [2.05, 4.69) is 20.4 Å². The highest BCUT2D eigenvalue weighted by atomic mass is 16.3. The summed E-state index contributed by atoms with van der Waals surface area (Å²) in [4.78, 5) is 25.7. The number of hydrogen-bond donors (Lipinski definition) is 1. The van der Waals surface area contributed by atoms with Gasteiger partial charge in [-0.2, -0.15) is 0 Å². The van der Waals surface area contributed by atoms with Gasteiger partial charge in [0, 0.05) is 29.4 Å². The summed E-state index contributed by atoms with van der Waals surface area (Å²) >= 11 is 0. The summed E-state index contributed by atoms with van der Waals surface area (Å²) in [6.45, 7) is 12.4. The van der Waals surface area contributed by atoms with Crippen molar-refractivity contribution in [2.75, 3.05) is 0 Å². The zero-order valence-corrected chi connectivity index (χ0v) is 14.5. The molecule has 1 N–H and O–H groups in total. The Balaban J connectivity index is 1.87. The molecule has 0 aromatic heterocycles. The van der Waals surface area contributed by atoms with Crippen LogP contribution >= 0.6 is 0 Å². The van der Waals surface area contributed by atoms with Crippen LogP contribution in [0.3, 0.4) is 0 Å². The van der Waals surface area contributed by atoms with Crippen LogP contribution in [0.4, 0.5) is 0 Å². The fraction of sp³-hybridized carbons (Fsp3) is 0.700. The molecule has 0 aromatic rings. The van der Waals surface area contributed by atoms with E-state index < -0.39 is 5.60 Å². The van der Waals surface area contributed by atoms with E-state index in [1.54, 1.807) is 6.92 Å². The topological polar surface area (TPSA) is 54.4 Å². The van der Waals surface area contributed by atoms with Gasteiger partial charge in [-0.3, -0.25) is 9.59 Å². The predicted octanol–water partition coefficient (Wildman–Crippen LogP) is 3.08. The van der Waals surface area contributed by atoms with Crippen LogP contribution in [0.25, 0.3) is 0 Å². The fourth-order valence-electron chi connectivity index (χ4n) is 6.02. The number of rotatable bonds is 0. The summed E-state index contributed by atoms with van der Waals surface area (Å²) in [5, 5.41) is 10.5. The third kappa shape index (κ3) is 1.75. The lowest BCUT2D eigenvalue weighted by molar-refractivity contribution is -0.130. The first kappa shape index (κ1) is 15.3. The van der Waals surface area contributed by atoms with Gasteiger partial charge in [0.1, 0.15) is 5.60 Å². The zero-order valence-electron chi connectivity index (χ0n) is 14.5. The Bertz CT molecular complexity index is 679. The second-order valence-corrected chi connectivity index (χ2v) is 9.03. The van der Waals surface area contributed by atoms with Crippen molar-refractivity contribution in [2.45, 2.75) is 52.6 Å². The number of ketones is 2. The second-order valence-electron chi connectivity index (χ2n) is 9.03. The van der Waals surface area contributed by atoms with E-state index in [1.807, 2.05) is 6.92 Å². The largest absolute Gasteiger partial charge is 0.382 e. The standard InChI is InChI=1S/C20H26O3/c1-9-6-7-12-16(19(12,3)4)14-10(2)17(21)11-8-20(5,23)18(22)15(11)13(9)14/h10,12-14,16,23H,1,6-8H2,2-5H3. The van der Waals surface area contributed by atoms with Gasteiger partial charge < -0.3 is 5.11 Å². The Hall–Kier alpha value is -1.22. The molecule has 0 spiro atoms. The minimum Gasteiger partial charge on any atom is -0.382 e. The summed E-state index contributed by atoms with van der Waals surface area (Å²) in [5.41, 5.74) is 1.12. The Labute approximate surface area is 137 Å². The Morgan fingerprint density at radius 1 is 1.22 bits per heavy atom. The molecule has 2 fully saturated rings. The first-order valence-corrected chi connectivity index (χ1v) is 8.81. The van der Waals surface area contributed by atoms with Crippen LogP contribution in [0.5, 0.6) is 0 Å². The van der Waals surface area contributed by atoms with Crippen LogP contribution in [0.1, 0.15) is 47.0 Å². The van der Waals surface area contributed by atoms with Gasteiger partial charge in [-0.15, -0.1) is 0 Å². The summed E-state index contributed by atoms with van der Waals surface area (Å²) in [5.74, 6) is 1.03.